The smallest absolute Gasteiger partial charge is 0.123 e. The molecule has 0 bridgehead atoms. The molecule has 1 N–H and O–H groups in total. The summed E-state index contributed by atoms with van der Waals surface area (Å²) in [5.41, 5.74) is 3.23. The molecule has 2 fully saturated rings. The van der Waals surface area contributed by atoms with E-state index in [1.54, 1.807) is 12.1 Å². The summed E-state index contributed by atoms with van der Waals surface area (Å²) in [6, 6.07) is 15.5. The van der Waals surface area contributed by atoms with Crippen molar-refractivity contribution in [3.8, 4) is 0 Å². The summed E-state index contributed by atoms with van der Waals surface area (Å²) in [4.78, 5) is 4.81. The molecule has 0 spiro atoms. The number of halogens is 1. The Hall–Kier alpha value is -2.11. The number of likely N-dealkylation sites (N-methyl/N-ethyl adjacent to an activating group) is 1. The van der Waals surface area contributed by atoms with Gasteiger partial charge in [0.15, 0.2) is 0 Å². The molecule has 144 valence electrons. The number of anilines is 2. The number of piperazine rings is 1. The standard InChI is InChI=1S/C22H28FN3O/c1-25-10-12-26(13-11-25)21-8-3-2-7-20(21)24-16-22(9-14-27-17-22)18-5-4-6-19(23)15-18/h2-8,15,24H,9-14,16-17H2,1H3/t22-/m1/s1. The molecule has 2 aliphatic heterocycles. The first-order valence-electron chi connectivity index (χ1n) is 9.76. The largest absolute Gasteiger partial charge is 0.382 e. The SMILES string of the molecule is CN1CCN(c2ccccc2NC[C@]2(c3cccc(F)c3)CCOC2)CC1. The van der Waals surface area contributed by atoms with E-state index in [1.165, 1.54) is 11.8 Å². The lowest BCUT2D eigenvalue weighted by molar-refractivity contribution is 0.179. The number of ether oxygens (including phenoxy) is 1. The lowest BCUT2D eigenvalue weighted by Gasteiger charge is -2.36. The van der Waals surface area contributed by atoms with E-state index in [1.807, 2.05) is 6.07 Å². The predicted molar refractivity (Wildman–Crippen MR) is 108 cm³/mol. The second kappa shape index (κ2) is 7.87. The number of para-hydroxylation sites is 2. The molecule has 0 aliphatic carbocycles. The van der Waals surface area contributed by atoms with Gasteiger partial charge < -0.3 is 19.9 Å². The monoisotopic (exact) mass is 369 g/mol. The average molecular weight is 369 g/mol. The van der Waals surface area contributed by atoms with Crippen LogP contribution in [0, 0.1) is 5.82 Å². The molecule has 2 aromatic rings. The normalized spacial score (nSPS) is 23.6. The van der Waals surface area contributed by atoms with Gasteiger partial charge in [0.2, 0.25) is 0 Å². The summed E-state index contributed by atoms with van der Waals surface area (Å²) in [6.07, 6.45) is 0.903. The summed E-state index contributed by atoms with van der Waals surface area (Å²) in [6.45, 7) is 6.31. The van der Waals surface area contributed by atoms with Gasteiger partial charge in [-0.2, -0.15) is 0 Å². The number of hydrogen-bond acceptors (Lipinski definition) is 4. The highest BCUT2D eigenvalue weighted by atomic mass is 19.1. The van der Waals surface area contributed by atoms with Crippen LogP contribution in [-0.2, 0) is 10.2 Å². The van der Waals surface area contributed by atoms with Crippen LogP contribution in [0.5, 0.6) is 0 Å². The van der Waals surface area contributed by atoms with Gasteiger partial charge in [-0.05, 0) is 43.3 Å². The Labute approximate surface area is 160 Å². The van der Waals surface area contributed by atoms with Crippen LogP contribution >= 0.6 is 0 Å². The second-order valence-corrected chi connectivity index (χ2v) is 7.75. The Morgan fingerprint density at radius 2 is 1.89 bits per heavy atom. The summed E-state index contributed by atoms with van der Waals surface area (Å²) >= 11 is 0. The molecule has 2 saturated heterocycles. The molecule has 5 heteroatoms. The van der Waals surface area contributed by atoms with Crippen molar-refractivity contribution in [3.63, 3.8) is 0 Å². The maximum atomic E-state index is 13.8. The third-order valence-electron chi connectivity index (χ3n) is 5.91. The molecule has 27 heavy (non-hydrogen) atoms. The van der Waals surface area contributed by atoms with Gasteiger partial charge in [-0.3, -0.25) is 0 Å². The maximum absolute atomic E-state index is 13.8. The Bertz CT molecular complexity index is 768. The van der Waals surface area contributed by atoms with E-state index in [0.29, 0.717) is 6.61 Å². The lowest BCUT2D eigenvalue weighted by atomic mass is 9.79. The van der Waals surface area contributed by atoms with Crippen molar-refractivity contribution in [2.75, 3.05) is 63.2 Å². The van der Waals surface area contributed by atoms with Crippen LogP contribution in [0.25, 0.3) is 0 Å². The highest BCUT2D eigenvalue weighted by molar-refractivity contribution is 5.70. The molecule has 2 heterocycles. The second-order valence-electron chi connectivity index (χ2n) is 7.75. The van der Waals surface area contributed by atoms with E-state index < -0.39 is 0 Å². The van der Waals surface area contributed by atoms with Crippen LogP contribution in [0.15, 0.2) is 48.5 Å². The van der Waals surface area contributed by atoms with Gasteiger partial charge in [-0.15, -0.1) is 0 Å². The van der Waals surface area contributed by atoms with Gasteiger partial charge in [0.25, 0.3) is 0 Å². The molecule has 4 rings (SSSR count). The first-order chi connectivity index (χ1) is 13.2. The number of nitrogens with one attached hydrogen (secondary N) is 1. The molecule has 0 saturated carbocycles. The van der Waals surface area contributed by atoms with Gasteiger partial charge in [0.1, 0.15) is 5.82 Å². The fraction of sp³-hybridized carbons (Fsp3) is 0.455. The Morgan fingerprint density at radius 1 is 1.07 bits per heavy atom. The molecule has 4 nitrogen and oxygen atoms in total. The van der Waals surface area contributed by atoms with E-state index in [0.717, 1.165) is 57.0 Å². The third-order valence-corrected chi connectivity index (χ3v) is 5.91. The topological polar surface area (TPSA) is 27.7 Å². The highest BCUT2D eigenvalue weighted by Crippen LogP contribution is 2.35. The molecule has 0 amide bonds. The minimum Gasteiger partial charge on any atom is -0.382 e. The molecular weight excluding hydrogens is 341 g/mol. The summed E-state index contributed by atoms with van der Waals surface area (Å²) in [7, 11) is 2.17. The first kappa shape index (κ1) is 18.3. The Morgan fingerprint density at radius 3 is 2.63 bits per heavy atom. The van der Waals surface area contributed by atoms with Crippen LogP contribution in [0.4, 0.5) is 15.8 Å². The van der Waals surface area contributed by atoms with Crippen molar-refractivity contribution in [2.24, 2.45) is 0 Å². The van der Waals surface area contributed by atoms with E-state index in [4.69, 9.17) is 4.74 Å². The molecule has 2 aliphatic rings. The molecule has 1 atom stereocenters. The number of rotatable bonds is 5. The predicted octanol–water partition coefficient (Wildman–Crippen LogP) is 3.35. The zero-order valence-corrected chi connectivity index (χ0v) is 16.0. The van der Waals surface area contributed by atoms with Crippen LogP contribution in [-0.4, -0.2) is 57.9 Å². The van der Waals surface area contributed by atoms with Gasteiger partial charge in [0, 0.05) is 44.7 Å². The van der Waals surface area contributed by atoms with Crippen LogP contribution in [0.3, 0.4) is 0 Å². The van der Waals surface area contributed by atoms with Crippen molar-refractivity contribution in [1.82, 2.24) is 4.90 Å². The summed E-state index contributed by atoms with van der Waals surface area (Å²) in [5.74, 6) is -0.184. The van der Waals surface area contributed by atoms with E-state index >= 15 is 0 Å². The zero-order chi connectivity index (χ0) is 18.7. The quantitative estimate of drug-likeness (QED) is 0.875. The van der Waals surface area contributed by atoms with Crippen molar-refractivity contribution in [3.05, 3.63) is 59.9 Å². The zero-order valence-electron chi connectivity index (χ0n) is 16.0. The number of benzene rings is 2. The molecule has 0 unspecified atom stereocenters. The third kappa shape index (κ3) is 3.94. The molecular formula is C22H28FN3O. The van der Waals surface area contributed by atoms with Crippen LogP contribution < -0.4 is 10.2 Å². The van der Waals surface area contributed by atoms with Crippen molar-refractivity contribution < 1.29 is 9.13 Å². The van der Waals surface area contributed by atoms with E-state index in [-0.39, 0.29) is 11.2 Å². The lowest BCUT2D eigenvalue weighted by Crippen LogP contribution is -2.44. The Balaban J connectivity index is 1.54. The molecule has 0 radical (unpaired) electrons. The summed E-state index contributed by atoms with van der Waals surface area (Å²) in [5, 5.41) is 3.66. The number of hydrogen-bond donors (Lipinski definition) is 1. The minimum absolute atomic E-state index is 0.183. The highest BCUT2D eigenvalue weighted by Gasteiger charge is 2.37. The van der Waals surface area contributed by atoms with Crippen molar-refractivity contribution in [2.45, 2.75) is 11.8 Å². The molecule has 2 aromatic carbocycles. The Kier molecular flexibility index (Phi) is 5.32. The average Bonchev–Trinajstić information content (AvgIpc) is 3.18. The van der Waals surface area contributed by atoms with E-state index in [2.05, 4.69) is 46.4 Å². The van der Waals surface area contributed by atoms with Gasteiger partial charge >= 0.3 is 0 Å². The van der Waals surface area contributed by atoms with Gasteiger partial charge in [-0.1, -0.05) is 24.3 Å². The van der Waals surface area contributed by atoms with E-state index in [9.17, 15) is 4.39 Å². The van der Waals surface area contributed by atoms with Gasteiger partial charge in [0.05, 0.1) is 18.0 Å². The fourth-order valence-electron chi connectivity index (χ4n) is 4.11. The maximum Gasteiger partial charge on any atom is 0.123 e. The van der Waals surface area contributed by atoms with Crippen molar-refractivity contribution in [1.29, 1.82) is 0 Å². The first-order valence-corrected chi connectivity index (χ1v) is 9.76. The van der Waals surface area contributed by atoms with Crippen LogP contribution in [0.2, 0.25) is 0 Å². The number of nitrogens with zero attached hydrogens (tertiary/aromatic N) is 2. The fourth-order valence-corrected chi connectivity index (χ4v) is 4.11. The molecule has 0 aromatic heterocycles. The minimum atomic E-state index is -0.184. The van der Waals surface area contributed by atoms with Gasteiger partial charge in [-0.25, -0.2) is 4.39 Å². The van der Waals surface area contributed by atoms with Crippen molar-refractivity contribution >= 4 is 11.4 Å². The van der Waals surface area contributed by atoms with Crippen LogP contribution in [0.1, 0.15) is 12.0 Å². The summed E-state index contributed by atoms with van der Waals surface area (Å²) < 4.78 is 19.5.